The first-order chi connectivity index (χ1) is 11.7. The number of fused-ring (bicyclic) bond motifs is 1. The Morgan fingerprint density at radius 3 is 3.12 bits per heavy atom. The van der Waals surface area contributed by atoms with Gasteiger partial charge in [0.25, 0.3) is 0 Å². The van der Waals surface area contributed by atoms with Crippen LogP contribution >= 0.6 is 11.3 Å². The van der Waals surface area contributed by atoms with Crippen LogP contribution in [0.25, 0.3) is 21.3 Å². The molecular formula is C17H19N5OS. The molecule has 1 saturated heterocycles. The lowest BCUT2D eigenvalue weighted by molar-refractivity contribution is -0.119. The van der Waals surface area contributed by atoms with Crippen LogP contribution in [0.15, 0.2) is 30.6 Å². The maximum Gasteiger partial charge on any atom is 0.230 e. The van der Waals surface area contributed by atoms with E-state index < -0.39 is 0 Å². The first kappa shape index (κ1) is 15.3. The van der Waals surface area contributed by atoms with Gasteiger partial charge >= 0.3 is 0 Å². The molecule has 124 valence electrons. The Labute approximate surface area is 143 Å². The number of benzene rings is 1. The lowest BCUT2D eigenvalue weighted by Crippen LogP contribution is -2.24. The summed E-state index contributed by atoms with van der Waals surface area (Å²) in [5.41, 5.74) is 3.12. The van der Waals surface area contributed by atoms with Gasteiger partial charge in [0.05, 0.1) is 22.3 Å². The number of rotatable bonds is 4. The average molecular weight is 341 g/mol. The maximum absolute atomic E-state index is 12.2. The van der Waals surface area contributed by atoms with E-state index in [1.54, 1.807) is 0 Å². The molecule has 1 aliphatic rings. The van der Waals surface area contributed by atoms with Crippen molar-refractivity contribution in [1.29, 1.82) is 0 Å². The van der Waals surface area contributed by atoms with Crippen molar-refractivity contribution in [2.24, 2.45) is 5.92 Å². The normalized spacial score (nSPS) is 17.5. The van der Waals surface area contributed by atoms with Crippen molar-refractivity contribution < 1.29 is 4.79 Å². The predicted octanol–water partition coefficient (Wildman–Crippen LogP) is 2.73. The van der Waals surface area contributed by atoms with Crippen LogP contribution < -0.4 is 10.6 Å². The molecule has 24 heavy (non-hydrogen) atoms. The summed E-state index contributed by atoms with van der Waals surface area (Å²) in [5, 5.41) is 11.2. The van der Waals surface area contributed by atoms with Gasteiger partial charge in [-0.15, -0.1) is 0 Å². The van der Waals surface area contributed by atoms with Crippen LogP contribution in [-0.2, 0) is 11.3 Å². The molecule has 0 spiro atoms. The Bertz CT molecular complexity index is 878. The molecule has 2 N–H and O–H groups in total. The van der Waals surface area contributed by atoms with Crippen molar-refractivity contribution in [1.82, 2.24) is 20.1 Å². The minimum Gasteiger partial charge on any atom is -0.316 e. The molecule has 1 amide bonds. The minimum absolute atomic E-state index is 0.0486. The fourth-order valence-electron chi connectivity index (χ4n) is 2.93. The Morgan fingerprint density at radius 2 is 2.38 bits per heavy atom. The lowest BCUT2D eigenvalue weighted by Gasteiger charge is -2.06. The number of carbonyl (C=O) groups excluding carboxylic acids is 1. The number of carbonyl (C=O) groups is 1. The molecule has 0 aliphatic carbocycles. The molecule has 1 aromatic carbocycles. The average Bonchev–Trinajstić information content (AvgIpc) is 3.33. The number of thiazole rings is 1. The third kappa shape index (κ3) is 2.92. The summed E-state index contributed by atoms with van der Waals surface area (Å²) in [4.78, 5) is 16.7. The summed E-state index contributed by atoms with van der Waals surface area (Å²) in [6.45, 7) is 4.59. The van der Waals surface area contributed by atoms with E-state index in [0.29, 0.717) is 5.13 Å². The zero-order valence-corrected chi connectivity index (χ0v) is 14.3. The number of nitrogens with one attached hydrogen (secondary N) is 2. The summed E-state index contributed by atoms with van der Waals surface area (Å²) in [6, 6.07) is 6.15. The van der Waals surface area contributed by atoms with Crippen molar-refractivity contribution >= 4 is 32.6 Å². The number of hydrogen-bond acceptors (Lipinski definition) is 5. The molecule has 3 heterocycles. The van der Waals surface area contributed by atoms with E-state index in [9.17, 15) is 4.79 Å². The highest BCUT2D eigenvalue weighted by Crippen LogP contribution is 2.30. The van der Waals surface area contributed by atoms with Crippen molar-refractivity contribution in [2.75, 3.05) is 18.4 Å². The molecule has 0 saturated carbocycles. The van der Waals surface area contributed by atoms with Gasteiger partial charge in [-0.1, -0.05) is 17.4 Å². The summed E-state index contributed by atoms with van der Waals surface area (Å²) < 4.78 is 2.98. The van der Waals surface area contributed by atoms with E-state index in [1.165, 1.54) is 11.3 Å². The second kappa shape index (κ2) is 6.33. The van der Waals surface area contributed by atoms with Crippen LogP contribution in [0.4, 0.5) is 5.13 Å². The summed E-state index contributed by atoms with van der Waals surface area (Å²) in [6.07, 6.45) is 4.81. The van der Waals surface area contributed by atoms with Crippen LogP contribution in [0.3, 0.4) is 0 Å². The van der Waals surface area contributed by atoms with Crippen molar-refractivity contribution in [2.45, 2.75) is 19.9 Å². The molecule has 0 radical (unpaired) electrons. The SMILES string of the molecule is CCn1cc(-c2ccc3nc(NC(=O)[C@@H]4CCNC4)sc3c2)cn1. The molecule has 1 atom stereocenters. The van der Waals surface area contributed by atoms with Gasteiger partial charge < -0.3 is 10.6 Å². The molecule has 0 bridgehead atoms. The highest BCUT2D eigenvalue weighted by atomic mass is 32.1. The summed E-state index contributed by atoms with van der Waals surface area (Å²) >= 11 is 1.52. The first-order valence-electron chi connectivity index (χ1n) is 8.18. The lowest BCUT2D eigenvalue weighted by atomic mass is 10.1. The van der Waals surface area contributed by atoms with Crippen molar-refractivity contribution in [3.8, 4) is 11.1 Å². The molecule has 1 fully saturated rings. The number of aromatic nitrogens is 3. The molecular weight excluding hydrogens is 322 g/mol. The van der Waals surface area contributed by atoms with Crippen molar-refractivity contribution in [3.05, 3.63) is 30.6 Å². The first-order valence-corrected chi connectivity index (χ1v) is 8.99. The Morgan fingerprint density at radius 1 is 1.46 bits per heavy atom. The van der Waals surface area contributed by atoms with Gasteiger partial charge in [-0.25, -0.2) is 4.98 Å². The second-order valence-corrected chi connectivity index (χ2v) is 7.00. The van der Waals surface area contributed by atoms with Crippen LogP contribution in [-0.4, -0.2) is 33.8 Å². The standard InChI is InChI=1S/C17H19N5OS/c1-2-22-10-13(9-19-22)11-3-4-14-15(7-11)24-17(20-14)21-16(23)12-5-6-18-8-12/h3-4,7,9-10,12,18H,2,5-6,8H2,1H3,(H,20,21,23)/t12-/m1/s1. The van der Waals surface area contributed by atoms with E-state index in [2.05, 4.69) is 33.7 Å². The second-order valence-electron chi connectivity index (χ2n) is 5.97. The Hall–Kier alpha value is -2.25. The number of anilines is 1. The largest absolute Gasteiger partial charge is 0.316 e. The quantitative estimate of drug-likeness (QED) is 0.765. The van der Waals surface area contributed by atoms with Gasteiger partial charge in [0, 0.05) is 24.8 Å². The van der Waals surface area contributed by atoms with E-state index in [0.717, 1.165) is 47.4 Å². The van der Waals surface area contributed by atoms with E-state index >= 15 is 0 Å². The number of hydrogen-bond donors (Lipinski definition) is 2. The highest BCUT2D eigenvalue weighted by Gasteiger charge is 2.23. The zero-order chi connectivity index (χ0) is 16.5. The Balaban J connectivity index is 1.57. The number of amides is 1. The van der Waals surface area contributed by atoms with Gasteiger partial charge in [-0.05, 0) is 37.6 Å². The fourth-order valence-corrected chi connectivity index (χ4v) is 3.84. The summed E-state index contributed by atoms with van der Waals surface area (Å²) in [7, 11) is 0. The number of nitrogens with zero attached hydrogens (tertiary/aromatic N) is 3. The zero-order valence-electron chi connectivity index (χ0n) is 13.5. The van der Waals surface area contributed by atoms with Crippen LogP contribution in [0.5, 0.6) is 0 Å². The maximum atomic E-state index is 12.2. The van der Waals surface area contributed by atoms with Gasteiger partial charge in [-0.3, -0.25) is 9.48 Å². The van der Waals surface area contributed by atoms with Gasteiger partial charge in [0.2, 0.25) is 5.91 Å². The van der Waals surface area contributed by atoms with Crippen LogP contribution in [0.2, 0.25) is 0 Å². The van der Waals surface area contributed by atoms with E-state index in [1.807, 2.05) is 29.2 Å². The van der Waals surface area contributed by atoms with Gasteiger partial charge in [0.1, 0.15) is 0 Å². The van der Waals surface area contributed by atoms with Crippen LogP contribution in [0.1, 0.15) is 13.3 Å². The van der Waals surface area contributed by atoms with E-state index in [-0.39, 0.29) is 11.8 Å². The third-order valence-corrected chi connectivity index (χ3v) is 5.27. The minimum atomic E-state index is 0.0486. The summed E-state index contributed by atoms with van der Waals surface area (Å²) in [5.74, 6) is 0.107. The predicted molar refractivity (Wildman–Crippen MR) is 96.1 cm³/mol. The monoisotopic (exact) mass is 341 g/mol. The van der Waals surface area contributed by atoms with E-state index in [4.69, 9.17) is 0 Å². The van der Waals surface area contributed by atoms with Gasteiger partial charge in [-0.2, -0.15) is 5.10 Å². The van der Waals surface area contributed by atoms with Gasteiger partial charge in [0.15, 0.2) is 5.13 Å². The molecule has 4 rings (SSSR count). The molecule has 6 nitrogen and oxygen atoms in total. The fraction of sp³-hybridized carbons (Fsp3) is 0.353. The Kier molecular flexibility index (Phi) is 4.03. The third-order valence-electron chi connectivity index (χ3n) is 4.34. The molecule has 1 aliphatic heterocycles. The van der Waals surface area contributed by atoms with Crippen LogP contribution in [0, 0.1) is 5.92 Å². The topological polar surface area (TPSA) is 71.8 Å². The highest BCUT2D eigenvalue weighted by molar-refractivity contribution is 7.22. The molecule has 0 unspecified atom stereocenters. The molecule has 2 aromatic heterocycles. The smallest absolute Gasteiger partial charge is 0.230 e. The van der Waals surface area contributed by atoms with Crippen molar-refractivity contribution in [3.63, 3.8) is 0 Å². The molecule has 7 heteroatoms. The molecule has 3 aromatic rings. The number of aryl methyl sites for hydroxylation is 1.